The molecular weight excluding hydrogens is 293 g/mol. The van der Waals surface area contributed by atoms with Crippen molar-refractivity contribution in [3.8, 4) is 22.5 Å². The van der Waals surface area contributed by atoms with Crippen LogP contribution in [0.3, 0.4) is 0 Å². The molecule has 0 radical (unpaired) electrons. The number of hydrogen-bond acceptors (Lipinski definition) is 2. The van der Waals surface area contributed by atoms with Gasteiger partial charge < -0.3 is 5.21 Å². The smallest absolute Gasteiger partial charge is 0.245 e. The maximum absolute atomic E-state index is 13.3. The second-order valence-corrected chi connectivity index (χ2v) is 5.85. The van der Waals surface area contributed by atoms with Crippen LogP contribution < -0.4 is 4.73 Å². The lowest BCUT2D eigenvalue weighted by molar-refractivity contribution is -0.600. The van der Waals surface area contributed by atoms with Crippen LogP contribution >= 0.6 is 0 Å². The van der Waals surface area contributed by atoms with Crippen molar-refractivity contribution in [3.63, 3.8) is 0 Å². The minimum atomic E-state index is -0.270. The van der Waals surface area contributed by atoms with Crippen molar-refractivity contribution in [1.82, 2.24) is 9.78 Å². The van der Waals surface area contributed by atoms with E-state index in [1.165, 1.54) is 12.1 Å². The molecule has 0 saturated carbocycles. The number of aromatic nitrogens is 3. The molecular formula is C18H16FN3O. The van der Waals surface area contributed by atoms with Gasteiger partial charge in [-0.1, -0.05) is 12.1 Å². The maximum Gasteiger partial charge on any atom is 0.245 e. The van der Waals surface area contributed by atoms with Crippen LogP contribution in [0.2, 0.25) is 0 Å². The van der Waals surface area contributed by atoms with Gasteiger partial charge in [0.2, 0.25) is 5.69 Å². The van der Waals surface area contributed by atoms with Gasteiger partial charge in [0.15, 0.2) is 11.4 Å². The fraction of sp³-hybridized carbons (Fsp3) is 0.222. The average molecular weight is 309 g/mol. The van der Waals surface area contributed by atoms with Crippen LogP contribution in [0, 0.1) is 17.9 Å². The van der Waals surface area contributed by atoms with Crippen molar-refractivity contribution in [1.29, 1.82) is 0 Å². The summed E-state index contributed by atoms with van der Waals surface area (Å²) in [5.41, 5.74) is 4.79. The van der Waals surface area contributed by atoms with Crippen molar-refractivity contribution >= 4 is 0 Å². The van der Waals surface area contributed by atoms with E-state index >= 15 is 0 Å². The molecule has 0 fully saturated rings. The number of aryl methyl sites for hydroxylation is 2. The average Bonchev–Trinajstić information content (AvgIpc) is 3.12. The van der Waals surface area contributed by atoms with Gasteiger partial charge in [0.25, 0.3) is 0 Å². The highest BCUT2D eigenvalue weighted by Crippen LogP contribution is 2.36. The van der Waals surface area contributed by atoms with E-state index in [2.05, 4.69) is 5.10 Å². The lowest BCUT2D eigenvalue weighted by Crippen LogP contribution is -2.32. The molecule has 2 aromatic heterocycles. The quantitative estimate of drug-likeness (QED) is 0.539. The summed E-state index contributed by atoms with van der Waals surface area (Å²) in [7, 11) is 0. The van der Waals surface area contributed by atoms with Gasteiger partial charge in [-0.25, -0.2) is 4.39 Å². The standard InChI is InChI=1S/C18H16FN3O/c1-12-4-2-5-16(22(12)23)18-17(13-7-9-14(19)10-8-13)15-6-3-11-21(15)20-18/h2,4-5,7-10H,3,6,11H2,1H3. The van der Waals surface area contributed by atoms with Crippen LogP contribution in [0.5, 0.6) is 0 Å². The summed E-state index contributed by atoms with van der Waals surface area (Å²) in [5, 5.41) is 17.1. The third kappa shape index (κ3) is 2.20. The van der Waals surface area contributed by atoms with Crippen LogP contribution in [0.15, 0.2) is 42.5 Å². The summed E-state index contributed by atoms with van der Waals surface area (Å²) in [6.07, 6.45) is 1.96. The Hall–Kier alpha value is -2.69. The number of rotatable bonds is 2. The first kappa shape index (κ1) is 13.9. The van der Waals surface area contributed by atoms with Crippen LogP contribution in [0.1, 0.15) is 17.8 Å². The van der Waals surface area contributed by atoms with Crippen molar-refractivity contribution in [2.24, 2.45) is 0 Å². The molecule has 1 aliphatic heterocycles. The summed E-state index contributed by atoms with van der Waals surface area (Å²) in [5.74, 6) is -0.270. The zero-order chi connectivity index (χ0) is 16.0. The molecule has 0 bridgehead atoms. The Morgan fingerprint density at radius 3 is 2.74 bits per heavy atom. The number of halogens is 1. The van der Waals surface area contributed by atoms with Gasteiger partial charge in [-0.2, -0.15) is 9.83 Å². The fourth-order valence-electron chi connectivity index (χ4n) is 3.21. The van der Waals surface area contributed by atoms with E-state index < -0.39 is 0 Å². The monoisotopic (exact) mass is 309 g/mol. The van der Waals surface area contributed by atoms with Crippen molar-refractivity contribution < 1.29 is 9.12 Å². The van der Waals surface area contributed by atoms with Crippen molar-refractivity contribution in [2.75, 3.05) is 0 Å². The van der Waals surface area contributed by atoms with Crippen molar-refractivity contribution in [2.45, 2.75) is 26.3 Å². The second kappa shape index (κ2) is 5.19. The topological polar surface area (TPSA) is 44.8 Å². The van der Waals surface area contributed by atoms with E-state index in [4.69, 9.17) is 0 Å². The lowest BCUT2D eigenvalue weighted by Gasteiger charge is -2.08. The van der Waals surface area contributed by atoms with Gasteiger partial charge >= 0.3 is 0 Å². The molecule has 3 heterocycles. The summed E-state index contributed by atoms with van der Waals surface area (Å²) < 4.78 is 16.1. The highest BCUT2D eigenvalue weighted by molar-refractivity contribution is 5.80. The minimum Gasteiger partial charge on any atom is -0.618 e. The number of fused-ring (bicyclic) bond motifs is 1. The number of nitrogens with zero attached hydrogens (tertiary/aromatic N) is 3. The lowest BCUT2D eigenvalue weighted by atomic mass is 9.99. The van der Waals surface area contributed by atoms with Gasteiger partial charge in [-0.05, 0) is 36.6 Å². The third-order valence-corrected chi connectivity index (χ3v) is 4.35. The van der Waals surface area contributed by atoms with Gasteiger partial charge in [0, 0.05) is 36.9 Å². The highest BCUT2D eigenvalue weighted by Gasteiger charge is 2.27. The van der Waals surface area contributed by atoms with E-state index in [0.717, 1.165) is 40.9 Å². The van der Waals surface area contributed by atoms with E-state index in [-0.39, 0.29) is 5.82 Å². The molecule has 1 aromatic carbocycles. The largest absolute Gasteiger partial charge is 0.618 e. The first-order valence-corrected chi connectivity index (χ1v) is 7.70. The predicted molar refractivity (Wildman–Crippen MR) is 85.1 cm³/mol. The Labute approximate surface area is 133 Å². The van der Waals surface area contributed by atoms with Crippen LogP contribution in [0.25, 0.3) is 22.5 Å². The Morgan fingerprint density at radius 2 is 1.96 bits per heavy atom. The Kier molecular flexibility index (Phi) is 3.15. The zero-order valence-electron chi connectivity index (χ0n) is 12.8. The summed E-state index contributed by atoms with van der Waals surface area (Å²) in [4.78, 5) is 0. The molecule has 116 valence electrons. The van der Waals surface area contributed by atoms with E-state index in [1.807, 2.05) is 10.7 Å². The molecule has 4 nitrogen and oxygen atoms in total. The molecule has 23 heavy (non-hydrogen) atoms. The molecule has 0 N–H and O–H groups in total. The first-order valence-electron chi connectivity index (χ1n) is 7.70. The van der Waals surface area contributed by atoms with E-state index in [0.29, 0.717) is 17.1 Å². The normalized spacial score (nSPS) is 13.3. The molecule has 0 amide bonds. The van der Waals surface area contributed by atoms with Crippen LogP contribution in [0.4, 0.5) is 4.39 Å². The Balaban J connectivity index is 1.98. The molecule has 1 aliphatic rings. The molecule has 4 rings (SSSR count). The van der Waals surface area contributed by atoms with Gasteiger partial charge in [0.1, 0.15) is 5.82 Å². The van der Waals surface area contributed by atoms with Gasteiger partial charge in [0.05, 0.1) is 0 Å². The SMILES string of the molecule is Cc1cccc(-c2nn3c(c2-c2ccc(F)cc2)CCC3)[n+]1[O-]. The van der Waals surface area contributed by atoms with Crippen molar-refractivity contribution in [3.05, 3.63) is 64.9 Å². The van der Waals surface area contributed by atoms with Gasteiger partial charge in [-0.3, -0.25) is 4.68 Å². The Morgan fingerprint density at radius 1 is 1.17 bits per heavy atom. The van der Waals surface area contributed by atoms with E-state index in [1.54, 1.807) is 31.2 Å². The zero-order valence-corrected chi connectivity index (χ0v) is 12.8. The predicted octanol–water partition coefficient (Wildman–Crippen LogP) is 3.24. The summed E-state index contributed by atoms with van der Waals surface area (Å²) in [6.45, 7) is 2.63. The van der Waals surface area contributed by atoms with Crippen LogP contribution in [-0.2, 0) is 13.0 Å². The number of pyridine rings is 1. The molecule has 0 aliphatic carbocycles. The Bertz CT molecular complexity index is 884. The number of benzene rings is 1. The third-order valence-electron chi connectivity index (χ3n) is 4.35. The van der Waals surface area contributed by atoms with Gasteiger partial charge in [-0.15, -0.1) is 0 Å². The van der Waals surface area contributed by atoms with Crippen LogP contribution in [-0.4, -0.2) is 9.78 Å². The second-order valence-electron chi connectivity index (χ2n) is 5.85. The highest BCUT2D eigenvalue weighted by atomic mass is 19.1. The molecule has 0 atom stereocenters. The summed E-state index contributed by atoms with van der Waals surface area (Å²) >= 11 is 0. The molecule has 0 saturated heterocycles. The van der Waals surface area contributed by atoms with E-state index in [9.17, 15) is 9.60 Å². The molecule has 5 heteroatoms. The fourth-order valence-corrected chi connectivity index (χ4v) is 3.21. The maximum atomic E-state index is 13.3. The first-order chi connectivity index (χ1) is 11.1. The minimum absolute atomic E-state index is 0.270. The molecule has 0 unspecified atom stereocenters. The molecule has 3 aromatic rings. The summed E-state index contributed by atoms with van der Waals surface area (Å²) in [6, 6.07) is 11.8. The number of hydrogen-bond donors (Lipinski definition) is 0. The molecule has 0 spiro atoms.